The predicted molar refractivity (Wildman–Crippen MR) is 82.8 cm³/mol. The van der Waals surface area contributed by atoms with Crippen LogP contribution in [0.5, 0.6) is 5.75 Å². The maximum absolute atomic E-state index is 6.12. The van der Waals surface area contributed by atoms with Crippen molar-refractivity contribution in [1.82, 2.24) is 9.55 Å². The van der Waals surface area contributed by atoms with Crippen molar-refractivity contribution in [2.24, 2.45) is 0 Å². The molecule has 5 heteroatoms. The number of methoxy groups -OCH3 is 1. The largest absolute Gasteiger partial charge is 0.497 e. The summed E-state index contributed by atoms with van der Waals surface area (Å²) < 4.78 is 19.4. The highest BCUT2D eigenvalue weighted by Gasteiger charge is 2.39. The third kappa shape index (κ3) is 3.48. The van der Waals surface area contributed by atoms with E-state index in [1.165, 1.54) is 5.56 Å². The summed E-state index contributed by atoms with van der Waals surface area (Å²) in [4.78, 5) is 4.08. The van der Waals surface area contributed by atoms with E-state index in [1.807, 2.05) is 36.1 Å². The first-order chi connectivity index (χ1) is 10.7. The molecule has 2 heterocycles. The second-order valence-electron chi connectivity index (χ2n) is 5.73. The molecule has 0 radical (unpaired) electrons. The van der Waals surface area contributed by atoms with Crippen molar-refractivity contribution in [2.45, 2.75) is 38.2 Å². The number of rotatable bonds is 6. The van der Waals surface area contributed by atoms with Crippen molar-refractivity contribution in [3.8, 4) is 5.75 Å². The van der Waals surface area contributed by atoms with Gasteiger partial charge in [0.25, 0.3) is 0 Å². The van der Waals surface area contributed by atoms with Gasteiger partial charge in [0.15, 0.2) is 5.79 Å². The van der Waals surface area contributed by atoms with Gasteiger partial charge in [-0.3, -0.25) is 0 Å². The Hall–Kier alpha value is -1.85. The molecule has 1 aliphatic heterocycles. The molecule has 0 aliphatic carbocycles. The summed E-state index contributed by atoms with van der Waals surface area (Å²) in [5.41, 5.74) is 1.18. The molecule has 5 nitrogen and oxygen atoms in total. The van der Waals surface area contributed by atoms with Crippen molar-refractivity contribution >= 4 is 0 Å². The first kappa shape index (κ1) is 15.1. The summed E-state index contributed by atoms with van der Waals surface area (Å²) in [5, 5.41) is 0. The quantitative estimate of drug-likeness (QED) is 0.823. The maximum Gasteiger partial charge on any atom is 0.174 e. The molecular weight excluding hydrogens is 280 g/mol. The van der Waals surface area contributed by atoms with Gasteiger partial charge in [0.2, 0.25) is 0 Å². The number of hydrogen-bond donors (Lipinski definition) is 0. The average molecular weight is 302 g/mol. The van der Waals surface area contributed by atoms with Gasteiger partial charge in [0, 0.05) is 31.8 Å². The van der Waals surface area contributed by atoms with Crippen LogP contribution in [0, 0.1) is 0 Å². The molecule has 3 rings (SSSR count). The SMILES string of the molecule is COc1ccc(CC2(CCn3ccnc3)OCC(C)O2)cc1. The molecule has 1 saturated heterocycles. The molecule has 1 aromatic heterocycles. The lowest BCUT2D eigenvalue weighted by Crippen LogP contribution is -2.35. The fraction of sp³-hybridized carbons (Fsp3) is 0.471. The van der Waals surface area contributed by atoms with Crippen LogP contribution in [0.15, 0.2) is 43.0 Å². The summed E-state index contributed by atoms with van der Waals surface area (Å²) in [5.74, 6) is 0.302. The summed E-state index contributed by atoms with van der Waals surface area (Å²) >= 11 is 0. The minimum Gasteiger partial charge on any atom is -0.497 e. The van der Waals surface area contributed by atoms with Gasteiger partial charge >= 0.3 is 0 Å². The van der Waals surface area contributed by atoms with Gasteiger partial charge < -0.3 is 18.8 Å². The first-order valence-electron chi connectivity index (χ1n) is 7.59. The lowest BCUT2D eigenvalue weighted by atomic mass is 10.0. The van der Waals surface area contributed by atoms with Gasteiger partial charge in [-0.25, -0.2) is 4.98 Å². The zero-order valence-electron chi connectivity index (χ0n) is 13.1. The summed E-state index contributed by atoms with van der Waals surface area (Å²) in [6, 6.07) is 8.07. The Kier molecular flexibility index (Phi) is 4.45. The van der Waals surface area contributed by atoms with E-state index in [-0.39, 0.29) is 6.10 Å². The Morgan fingerprint density at radius 2 is 2.18 bits per heavy atom. The first-order valence-corrected chi connectivity index (χ1v) is 7.59. The number of aryl methyl sites for hydroxylation is 1. The molecule has 0 N–H and O–H groups in total. The molecule has 0 bridgehead atoms. The number of ether oxygens (including phenoxy) is 3. The van der Waals surface area contributed by atoms with E-state index in [4.69, 9.17) is 14.2 Å². The smallest absolute Gasteiger partial charge is 0.174 e. The average Bonchev–Trinajstić information content (AvgIpc) is 3.17. The number of benzene rings is 1. The van der Waals surface area contributed by atoms with Crippen molar-refractivity contribution in [3.05, 3.63) is 48.5 Å². The van der Waals surface area contributed by atoms with Gasteiger partial charge in [0.05, 0.1) is 26.1 Å². The highest BCUT2D eigenvalue weighted by Crippen LogP contribution is 2.32. The van der Waals surface area contributed by atoms with Crippen LogP contribution < -0.4 is 4.74 Å². The number of imidazole rings is 1. The monoisotopic (exact) mass is 302 g/mol. The van der Waals surface area contributed by atoms with Crippen molar-refractivity contribution in [2.75, 3.05) is 13.7 Å². The predicted octanol–water partition coefficient (Wildman–Crippen LogP) is 2.66. The normalized spacial score (nSPS) is 24.5. The standard InChI is InChI=1S/C17H22N2O3/c1-14-12-21-17(22-14,7-9-19-10-8-18-13-19)11-15-3-5-16(20-2)6-4-15/h3-6,8,10,13-14H,7,9,11-12H2,1-2H3. The molecule has 118 valence electrons. The maximum atomic E-state index is 6.12. The molecule has 1 aromatic carbocycles. The van der Waals surface area contributed by atoms with Crippen LogP contribution in [0.3, 0.4) is 0 Å². The number of hydrogen-bond acceptors (Lipinski definition) is 4. The zero-order chi connectivity index (χ0) is 15.4. The fourth-order valence-corrected chi connectivity index (χ4v) is 2.79. The van der Waals surface area contributed by atoms with E-state index >= 15 is 0 Å². The highest BCUT2D eigenvalue weighted by molar-refractivity contribution is 5.28. The van der Waals surface area contributed by atoms with E-state index in [2.05, 4.69) is 17.1 Å². The van der Waals surface area contributed by atoms with E-state index < -0.39 is 5.79 Å². The van der Waals surface area contributed by atoms with Gasteiger partial charge in [0.1, 0.15) is 5.75 Å². The lowest BCUT2D eigenvalue weighted by Gasteiger charge is -2.28. The third-order valence-electron chi connectivity index (χ3n) is 3.94. The van der Waals surface area contributed by atoms with E-state index in [0.717, 1.165) is 25.1 Å². The number of aromatic nitrogens is 2. The van der Waals surface area contributed by atoms with Crippen LogP contribution in [-0.2, 0) is 22.4 Å². The molecule has 0 spiro atoms. The molecule has 0 saturated carbocycles. The molecule has 1 fully saturated rings. The minimum atomic E-state index is -0.557. The Balaban J connectivity index is 1.70. The Morgan fingerprint density at radius 1 is 1.36 bits per heavy atom. The van der Waals surface area contributed by atoms with Gasteiger partial charge in [-0.2, -0.15) is 0 Å². The molecule has 0 amide bonds. The molecular formula is C17H22N2O3. The Bertz CT molecular complexity index is 582. The van der Waals surface area contributed by atoms with Gasteiger partial charge in [-0.05, 0) is 24.6 Å². The van der Waals surface area contributed by atoms with Gasteiger partial charge in [-0.15, -0.1) is 0 Å². The van der Waals surface area contributed by atoms with E-state index in [9.17, 15) is 0 Å². The Labute approximate surface area is 130 Å². The van der Waals surface area contributed by atoms with Crippen LogP contribution >= 0.6 is 0 Å². The van der Waals surface area contributed by atoms with Crippen LogP contribution in [0.25, 0.3) is 0 Å². The van der Waals surface area contributed by atoms with Crippen molar-refractivity contribution in [1.29, 1.82) is 0 Å². The van der Waals surface area contributed by atoms with Crippen LogP contribution in [0.4, 0.5) is 0 Å². The summed E-state index contributed by atoms with van der Waals surface area (Å²) in [6.45, 7) is 3.51. The molecule has 22 heavy (non-hydrogen) atoms. The van der Waals surface area contributed by atoms with Crippen LogP contribution in [0.2, 0.25) is 0 Å². The minimum absolute atomic E-state index is 0.126. The van der Waals surface area contributed by atoms with Crippen molar-refractivity contribution < 1.29 is 14.2 Å². The highest BCUT2D eigenvalue weighted by atomic mass is 16.7. The van der Waals surface area contributed by atoms with Gasteiger partial charge in [-0.1, -0.05) is 12.1 Å². The number of nitrogens with zero attached hydrogens (tertiary/aromatic N) is 2. The van der Waals surface area contributed by atoms with E-state index in [0.29, 0.717) is 6.61 Å². The van der Waals surface area contributed by atoms with Crippen molar-refractivity contribution in [3.63, 3.8) is 0 Å². The molecule has 2 atom stereocenters. The van der Waals surface area contributed by atoms with E-state index in [1.54, 1.807) is 13.3 Å². The second-order valence-corrected chi connectivity index (χ2v) is 5.73. The second kappa shape index (κ2) is 6.50. The lowest BCUT2D eigenvalue weighted by molar-refractivity contribution is -0.171. The summed E-state index contributed by atoms with van der Waals surface area (Å²) in [6.07, 6.45) is 7.21. The fourth-order valence-electron chi connectivity index (χ4n) is 2.79. The summed E-state index contributed by atoms with van der Waals surface area (Å²) in [7, 11) is 1.67. The molecule has 2 unspecified atom stereocenters. The van der Waals surface area contributed by atoms with Crippen LogP contribution in [0.1, 0.15) is 18.9 Å². The Morgan fingerprint density at radius 3 is 2.77 bits per heavy atom. The topological polar surface area (TPSA) is 45.5 Å². The molecule has 2 aromatic rings. The zero-order valence-corrected chi connectivity index (χ0v) is 13.1. The molecule has 1 aliphatic rings. The third-order valence-corrected chi connectivity index (χ3v) is 3.94. The van der Waals surface area contributed by atoms with Crippen LogP contribution in [-0.4, -0.2) is 35.2 Å².